The molecule has 1 aromatic carbocycles. The lowest BCUT2D eigenvalue weighted by Gasteiger charge is -2.07. The van der Waals surface area contributed by atoms with Crippen LogP contribution in [-0.4, -0.2) is 19.7 Å². The number of aromatic nitrogens is 4. The normalized spacial score (nSPS) is 10.7. The Morgan fingerprint density at radius 2 is 2.00 bits per heavy atom. The molecule has 0 N–H and O–H groups in total. The molecule has 0 bridgehead atoms. The number of nitrogens with zero attached hydrogens (tertiary/aromatic N) is 4. The Balaban J connectivity index is 1.85. The molecule has 6 heteroatoms. The van der Waals surface area contributed by atoms with Gasteiger partial charge in [-0.15, -0.1) is 16.8 Å². The summed E-state index contributed by atoms with van der Waals surface area (Å²) in [5, 5.41) is 10.3. The van der Waals surface area contributed by atoms with E-state index < -0.39 is 0 Å². The minimum absolute atomic E-state index is 0.655. The molecule has 0 amide bonds. The Morgan fingerprint density at radius 1 is 1.17 bits per heavy atom. The van der Waals surface area contributed by atoms with Crippen LogP contribution in [0.25, 0.3) is 11.4 Å². The van der Waals surface area contributed by atoms with Gasteiger partial charge in [-0.1, -0.05) is 41.6 Å². The molecule has 23 heavy (non-hydrogen) atoms. The number of rotatable bonds is 6. The molecular formula is C17H15ClN4S. The number of pyridine rings is 1. The highest BCUT2D eigenvalue weighted by atomic mass is 35.5. The van der Waals surface area contributed by atoms with Gasteiger partial charge in [0.15, 0.2) is 11.0 Å². The van der Waals surface area contributed by atoms with Gasteiger partial charge in [-0.3, -0.25) is 9.55 Å². The lowest BCUT2D eigenvalue weighted by molar-refractivity contribution is 0.731. The third-order valence-electron chi connectivity index (χ3n) is 3.22. The lowest BCUT2D eigenvalue weighted by Crippen LogP contribution is -2.00. The van der Waals surface area contributed by atoms with Gasteiger partial charge in [0, 0.05) is 35.3 Å². The number of benzene rings is 1. The summed E-state index contributed by atoms with van der Waals surface area (Å²) in [5.74, 6) is 1.60. The van der Waals surface area contributed by atoms with Gasteiger partial charge in [-0.05, 0) is 29.8 Å². The van der Waals surface area contributed by atoms with E-state index in [4.69, 9.17) is 11.6 Å². The summed E-state index contributed by atoms with van der Waals surface area (Å²) in [6.07, 6.45) is 5.35. The second kappa shape index (κ2) is 7.44. The smallest absolute Gasteiger partial charge is 0.192 e. The molecule has 2 heterocycles. The summed E-state index contributed by atoms with van der Waals surface area (Å²) >= 11 is 7.66. The maximum absolute atomic E-state index is 6.03. The number of hydrogen-bond donors (Lipinski definition) is 0. The standard InChI is InChI=1S/C17H15ClN4S/c1-2-10-22-16(14-6-8-19-9-7-14)20-21-17(22)23-12-13-4-3-5-15(18)11-13/h2-9,11H,1,10,12H2. The van der Waals surface area contributed by atoms with Crippen molar-refractivity contribution in [1.82, 2.24) is 19.7 Å². The van der Waals surface area contributed by atoms with Gasteiger partial charge in [-0.2, -0.15) is 0 Å². The molecule has 0 saturated heterocycles. The van der Waals surface area contributed by atoms with Crippen molar-refractivity contribution in [2.45, 2.75) is 17.5 Å². The summed E-state index contributed by atoms with van der Waals surface area (Å²) in [4.78, 5) is 4.04. The van der Waals surface area contributed by atoms with E-state index in [0.717, 1.165) is 32.9 Å². The quantitative estimate of drug-likeness (QED) is 0.489. The first kappa shape index (κ1) is 15.8. The fourth-order valence-electron chi connectivity index (χ4n) is 2.18. The van der Waals surface area contributed by atoms with Crippen LogP contribution in [0.1, 0.15) is 5.56 Å². The molecule has 4 nitrogen and oxygen atoms in total. The van der Waals surface area contributed by atoms with Gasteiger partial charge in [0.05, 0.1) is 0 Å². The molecule has 0 aliphatic heterocycles. The summed E-state index contributed by atoms with van der Waals surface area (Å²) in [5.41, 5.74) is 2.14. The first-order chi connectivity index (χ1) is 11.3. The van der Waals surface area contributed by atoms with Crippen molar-refractivity contribution < 1.29 is 0 Å². The van der Waals surface area contributed by atoms with Crippen LogP contribution in [0.3, 0.4) is 0 Å². The molecule has 0 aliphatic carbocycles. The average Bonchev–Trinajstić information content (AvgIpc) is 2.97. The molecule has 2 aromatic heterocycles. The maximum Gasteiger partial charge on any atom is 0.192 e. The van der Waals surface area contributed by atoms with Crippen molar-refractivity contribution in [2.75, 3.05) is 0 Å². The van der Waals surface area contributed by atoms with Gasteiger partial charge >= 0.3 is 0 Å². The Bertz CT molecular complexity index is 801. The Kier molecular flexibility index (Phi) is 5.10. The molecule has 0 spiro atoms. The van der Waals surface area contributed by atoms with Gasteiger partial charge in [0.2, 0.25) is 0 Å². The van der Waals surface area contributed by atoms with Crippen LogP contribution in [0.5, 0.6) is 0 Å². The van der Waals surface area contributed by atoms with E-state index in [0.29, 0.717) is 6.54 Å². The first-order valence-electron chi connectivity index (χ1n) is 7.09. The van der Waals surface area contributed by atoms with E-state index in [1.54, 1.807) is 24.2 Å². The van der Waals surface area contributed by atoms with Crippen LogP contribution in [0, 0.1) is 0 Å². The third-order valence-corrected chi connectivity index (χ3v) is 4.50. The Hall–Kier alpha value is -2.11. The van der Waals surface area contributed by atoms with Gasteiger partial charge in [-0.25, -0.2) is 0 Å². The summed E-state index contributed by atoms with van der Waals surface area (Å²) in [6, 6.07) is 11.7. The largest absolute Gasteiger partial charge is 0.298 e. The van der Waals surface area contributed by atoms with Crippen LogP contribution < -0.4 is 0 Å². The van der Waals surface area contributed by atoms with Crippen LogP contribution in [0.4, 0.5) is 0 Å². The Morgan fingerprint density at radius 3 is 2.74 bits per heavy atom. The topological polar surface area (TPSA) is 43.6 Å². The average molecular weight is 343 g/mol. The highest BCUT2D eigenvalue weighted by Crippen LogP contribution is 2.26. The van der Waals surface area contributed by atoms with Crippen molar-refractivity contribution in [1.29, 1.82) is 0 Å². The van der Waals surface area contributed by atoms with Crippen LogP contribution >= 0.6 is 23.4 Å². The highest BCUT2D eigenvalue weighted by molar-refractivity contribution is 7.98. The van der Waals surface area contributed by atoms with Crippen molar-refractivity contribution in [2.24, 2.45) is 0 Å². The van der Waals surface area contributed by atoms with Gasteiger partial charge in [0.25, 0.3) is 0 Å². The molecule has 3 aromatic rings. The predicted octanol–water partition coefficient (Wildman–Crippen LogP) is 4.47. The zero-order valence-electron chi connectivity index (χ0n) is 12.4. The highest BCUT2D eigenvalue weighted by Gasteiger charge is 2.13. The van der Waals surface area contributed by atoms with Crippen LogP contribution in [0.2, 0.25) is 5.02 Å². The molecule has 0 atom stereocenters. The van der Waals surface area contributed by atoms with E-state index in [1.807, 2.05) is 36.4 Å². The number of thioether (sulfide) groups is 1. The van der Waals surface area contributed by atoms with Crippen LogP contribution in [-0.2, 0) is 12.3 Å². The summed E-state index contributed by atoms with van der Waals surface area (Å²) in [7, 11) is 0. The third kappa shape index (κ3) is 3.81. The van der Waals surface area contributed by atoms with E-state index in [1.165, 1.54) is 0 Å². The van der Waals surface area contributed by atoms with Crippen molar-refractivity contribution in [3.63, 3.8) is 0 Å². The second-order valence-electron chi connectivity index (χ2n) is 4.86. The molecule has 116 valence electrons. The number of halogens is 1. The SMILES string of the molecule is C=CCn1c(SCc2cccc(Cl)c2)nnc1-c1ccncc1. The summed E-state index contributed by atoms with van der Waals surface area (Å²) < 4.78 is 2.05. The predicted molar refractivity (Wildman–Crippen MR) is 94.5 cm³/mol. The van der Waals surface area contributed by atoms with E-state index >= 15 is 0 Å². The maximum atomic E-state index is 6.03. The molecule has 3 rings (SSSR count). The molecule has 0 radical (unpaired) electrons. The Labute approximate surface area is 144 Å². The van der Waals surface area contributed by atoms with Crippen molar-refractivity contribution in [3.05, 3.63) is 72.0 Å². The monoisotopic (exact) mass is 342 g/mol. The van der Waals surface area contributed by atoms with Gasteiger partial charge < -0.3 is 0 Å². The zero-order valence-corrected chi connectivity index (χ0v) is 14.0. The number of allylic oxidation sites excluding steroid dienone is 1. The fourth-order valence-corrected chi connectivity index (χ4v) is 3.28. The second-order valence-corrected chi connectivity index (χ2v) is 6.24. The molecule has 0 unspecified atom stereocenters. The first-order valence-corrected chi connectivity index (χ1v) is 8.46. The number of hydrogen-bond acceptors (Lipinski definition) is 4. The lowest BCUT2D eigenvalue weighted by atomic mass is 10.2. The van der Waals surface area contributed by atoms with Gasteiger partial charge in [0.1, 0.15) is 0 Å². The van der Waals surface area contributed by atoms with E-state index in [2.05, 4.69) is 32.4 Å². The molecule has 0 saturated carbocycles. The minimum atomic E-state index is 0.655. The fraction of sp³-hybridized carbons (Fsp3) is 0.118. The minimum Gasteiger partial charge on any atom is -0.298 e. The molecule has 0 fully saturated rings. The van der Waals surface area contributed by atoms with Crippen molar-refractivity contribution in [3.8, 4) is 11.4 Å². The summed E-state index contributed by atoms with van der Waals surface area (Å²) in [6.45, 7) is 4.48. The van der Waals surface area contributed by atoms with Crippen LogP contribution in [0.15, 0.2) is 66.6 Å². The zero-order chi connectivity index (χ0) is 16.1. The van der Waals surface area contributed by atoms with E-state index in [9.17, 15) is 0 Å². The van der Waals surface area contributed by atoms with Crippen molar-refractivity contribution >= 4 is 23.4 Å². The van der Waals surface area contributed by atoms with E-state index in [-0.39, 0.29) is 0 Å². The molecular weight excluding hydrogens is 328 g/mol. The molecule has 0 aliphatic rings.